The standard InChI is InChI=1S/C14H27N3O/c1-14(2,17-9-3-4-10-17)11-16-12-5-6-13(18)15-8-7-12/h12,16H,3-11H2,1-2H3,(H,15,18)/t12-/m0/s1. The highest BCUT2D eigenvalue weighted by Gasteiger charge is 2.29. The van der Waals surface area contributed by atoms with Gasteiger partial charge in [-0.2, -0.15) is 0 Å². The van der Waals surface area contributed by atoms with Gasteiger partial charge < -0.3 is 10.6 Å². The molecule has 2 fully saturated rings. The maximum Gasteiger partial charge on any atom is 0.220 e. The number of nitrogens with zero attached hydrogens (tertiary/aromatic N) is 1. The van der Waals surface area contributed by atoms with E-state index in [9.17, 15) is 4.79 Å². The lowest BCUT2D eigenvalue weighted by Gasteiger charge is -2.37. The van der Waals surface area contributed by atoms with E-state index in [1.54, 1.807) is 0 Å². The third-order valence-corrected chi connectivity index (χ3v) is 4.32. The van der Waals surface area contributed by atoms with E-state index in [4.69, 9.17) is 0 Å². The lowest BCUT2D eigenvalue weighted by molar-refractivity contribution is -0.120. The molecule has 4 nitrogen and oxygen atoms in total. The Labute approximate surface area is 110 Å². The van der Waals surface area contributed by atoms with Crippen molar-refractivity contribution in [2.45, 2.75) is 57.5 Å². The van der Waals surface area contributed by atoms with Crippen LogP contribution in [-0.2, 0) is 4.79 Å². The van der Waals surface area contributed by atoms with Crippen molar-refractivity contribution in [3.05, 3.63) is 0 Å². The summed E-state index contributed by atoms with van der Waals surface area (Å²) >= 11 is 0. The monoisotopic (exact) mass is 253 g/mol. The molecule has 2 rings (SSSR count). The molecule has 0 aromatic heterocycles. The number of carbonyl (C=O) groups is 1. The summed E-state index contributed by atoms with van der Waals surface area (Å²) in [6.45, 7) is 8.96. The summed E-state index contributed by atoms with van der Waals surface area (Å²) in [6.07, 6.45) is 5.38. The van der Waals surface area contributed by atoms with Crippen LogP contribution in [0, 0.1) is 0 Å². The highest BCUT2D eigenvalue weighted by atomic mass is 16.1. The fourth-order valence-corrected chi connectivity index (χ4v) is 2.96. The van der Waals surface area contributed by atoms with Crippen molar-refractivity contribution in [3.63, 3.8) is 0 Å². The predicted molar refractivity (Wildman–Crippen MR) is 73.5 cm³/mol. The Balaban J connectivity index is 1.77. The van der Waals surface area contributed by atoms with E-state index in [-0.39, 0.29) is 11.4 Å². The second-order valence-corrected chi connectivity index (χ2v) is 6.26. The van der Waals surface area contributed by atoms with Crippen LogP contribution in [-0.4, -0.2) is 48.6 Å². The number of rotatable bonds is 4. The summed E-state index contributed by atoms with van der Waals surface area (Å²) in [6, 6.07) is 0.492. The molecule has 2 saturated heterocycles. The number of hydrogen-bond acceptors (Lipinski definition) is 3. The maximum absolute atomic E-state index is 11.3. The van der Waals surface area contributed by atoms with Crippen molar-refractivity contribution < 1.29 is 4.79 Å². The van der Waals surface area contributed by atoms with Crippen molar-refractivity contribution in [1.29, 1.82) is 0 Å². The van der Waals surface area contributed by atoms with Gasteiger partial charge in [0, 0.05) is 31.1 Å². The molecule has 0 spiro atoms. The Hall–Kier alpha value is -0.610. The van der Waals surface area contributed by atoms with Gasteiger partial charge in [-0.05, 0) is 52.6 Å². The molecule has 2 aliphatic rings. The van der Waals surface area contributed by atoms with Crippen molar-refractivity contribution in [3.8, 4) is 0 Å². The minimum Gasteiger partial charge on any atom is -0.356 e. The normalized spacial score (nSPS) is 27.0. The van der Waals surface area contributed by atoms with Crippen molar-refractivity contribution in [1.82, 2.24) is 15.5 Å². The van der Waals surface area contributed by atoms with Gasteiger partial charge in [-0.15, -0.1) is 0 Å². The molecule has 0 saturated carbocycles. The zero-order valence-electron chi connectivity index (χ0n) is 11.8. The van der Waals surface area contributed by atoms with E-state index in [1.165, 1.54) is 25.9 Å². The van der Waals surface area contributed by atoms with Gasteiger partial charge in [0.2, 0.25) is 5.91 Å². The fraction of sp³-hybridized carbons (Fsp3) is 0.929. The third kappa shape index (κ3) is 3.69. The van der Waals surface area contributed by atoms with Gasteiger partial charge in [0.25, 0.3) is 0 Å². The molecule has 1 atom stereocenters. The zero-order chi connectivity index (χ0) is 13.0. The summed E-state index contributed by atoms with van der Waals surface area (Å²) in [4.78, 5) is 13.9. The fourth-order valence-electron chi connectivity index (χ4n) is 2.96. The van der Waals surface area contributed by atoms with Crippen molar-refractivity contribution in [2.75, 3.05) is 26.2 Å². The van der Waals surface area contributed by atoms with Crippen molar-refractivity contribution >= 4 is 5.91 Å². The topological polar surface area (TPSA) is 44.4 Å². The van der Waals surface area contributed by atoms with E-state index < -0.39 is 0 Å². The van der Waals surface area contributed by atoms with Crippen LogP contribution < -0.4 is 10.6 Å². The van der Waals surface area contributed by atoms with E-state index in [1.807, 2.05) is 0 Å². The van der Waals surface area contributed by atoms with Crippen LogP contribution in [0.1, 0.15) is 46.0 Å². The van der Waals surface area contributed by atoms with E-state index in [0.717, 1.165) is 25.9 Å². The number of likely N-dealkylation sites (tertiary alicyclic amines) is 1. The van der Waals surface area contributed by atoms with E-state index >= 15 is 0 Å². The molecular weight excluding hydrogens is 226 g/mol. The molecule has 0 aliphatic carbocycles. The number of nitrogens with one attached hydrogen (secondary N) is 2. The summed E-state index contributed by atoms with van der Waals surface area (Å²) in [5, 5.41) is 6.60. The van der Waals surface area contributed by atoms with Crippen LogP contribution in [0.3, 0.4) is 0 Å². The first-order chi connectivity index (χ1) is 8.58. The second kappa shape index (κ2) is 6.02. The Morgan fingerprint density at radius 1 is 1.33 bits per heavy atom. The van der Waals surface area contributed by atoms with Crippen molar-refractivity contribution in [2.24, 2.45) is 0 Å². The van der Waals surface area contributed by atoms with E-state index in [0.29, 0.717) is 12.5 Å². The number of amides is 1. The SMILES string of the molecule is CC(C)(CN[C@@H]1CCNC(=O)CC1)N1CCCC1. The second-order valence-electron chi connectivity index (χ2n) is 6.26. The molecule has 2 aliphatic heterocycles. The minimum absolute atomic E-state index is 0.207. The molecule has 0 bridgehead atoms. The van der Waals surface area contributed by atoms with Crippen LogP contribution in [0.5, 0.6) is 0 Å². The molecule has 0 unspecified atom stereocenters. The van der Waals surface area contributed by atoms with Gasteiger partial charge in [-0.25, -0.2) is 0 Å². The Bertz CT molecular complexity index is 285. The minimum atomic E-state index is 0.207. The average Bonchev–Trinajstić information content (AvgIpc) is 2.79. The number of carbonyl (C=O) groups excluding carboxylic acids is 1. The smallest absolute Gasteiger partial charge is 0.220 e. The maximum atomic E-state index is 11.3. The molecule has 0 radical (unpaired) electrons. The number of hydrogen-bond donors (Lipinski definition) is 2. The molecule has 2 heterocycles. The van der Waals surface area contributed by atoms with Gasteiger partial charge in [0.15, 0.2) is 0 Å². The van der Waals surface area contributed by atoms with Gasteiger partial charge in [-0.3, -0.25) is 9.69 Å². The third-order valence-electron chi connectivity index (χ3n) is 4.32. The Morgan fingerprint density at radius 3 is 2.78 bits per heavy atom. The molecular formula is C14H27N3O. The lowest BCUT2D eigenvalue weighted by atomic mass is 10.0. The summed E-state index contributed by atoms with van der Waals surface area (Å²) in [5.41, 5.74) is 0.236. The molecule has 0 aromatic rings. The van der Waals surface area contributed by atoms with Crippen LogP contribution in [0.4, 0.5) is 0 Å². The van der Waals surface area contributed by atoms with Crippen LogP contribution in [0.2, 0.25) is 0 Å². The largest absolute Gasteiger partial charge is 0.356 e. The molecule has 104 valence electrons. The first-order valence-electron chi connectivity index (χ1n) is 7.33. The quantitative estimate of drug-likeness (QED) is 0.789. The van der Waals surface area contributed by atoms with E-state index in [2.05, 4.69) is 29.4 Å². The summed E-state index contributed by atoms with van der Waals surface area (Å²) in [5.74, 6) is 0.207. The Kier molecular flexibility index (Phi) is 4.62. The molecule has 1 amide bonds. The average molecular weight is 253 g/mol. The van der Waals surface area contributed by atoms with Gasteiger partial charge in [0.05, 0.1) is 0 Å². The predicted octanol–water partition coefficient (Wildman–Crippen LogP) is 1.12. The Morgan fingerprint density at radius 2 is 2.06 bits per heavy atom. The first kappa shape index (κ1) is 13.8. The molecule has 4 heteroatoms. The van der Waals surface area contributed by atoms with Crippen LogP contribution >= 0.6 is 0 Å². The van der Waals surface area contributed by atoms with Gasteiger partial charge in [0.1, 0.15) is 0 Å². The molecule has 0 aromatic carbocycles. The zero-order valence-corrected chi connectivity index (χ0v) is 11.8. The van der Waals surface area contributed by atoms with Crippen LogP contribution in [0.25, 0.3) is 0 Å². The first-order valence-corrected chi connectivity index (χ1v) is 7.33. The summed E-state index contributed by atoms with van der Waals surface area (Å²) < 4.78 is 0. The highest BCUT2D eigenvalue weighted by molar-refractivity contribution is 5.76. The van der Waals surface area contributed by atoms with Gasteiger partial charge >= 0.3 is 0 Å². The summed E-state index contributed by atoms with van der Waals surface area (Å²) in [7, 11) is 0. The molecule has 18 heavy (non-hydrogen) atoms. The molecule has 2 N–H and O–H groups in total. The van der Waals surface area contributed by atoms with Gasteiger partial charge in [-0.1, -0.05) is 0 Å². The lowest BCUT2D eigenvalue weighted by Crippen LogP contribution is -2.51. The highest BCUT2D eigenvalue weighted by Crippen LogP contribution is 2.20. The van der Waals surface area contributed by atoms with Crippen LogP contribution in [0.15, 0.2) is 0 Å².